The minimum absolute atomic E-state index is 0.0520. The highest BCUT2D eigenvalue weighted by Crippen LogP contribution is 2.46. The Morgan fingerprint density at radius 3 is 2.15 bits per heavy atom. The van der Waals surface area contributed by atoms with Crippen LogP contribution in [0.15, 0.2) is 48.5 Å². The summed E-state index contributed by atoms with van der Waals surface area (Å²) in [5.41, 5.74) is 0.473. The molecule has 5 rings (SSSR count). The van der Waals surface area contributed by atoms with Crippen LogP contribution in [0.3, 0.4) is 0 Å². The number of ether oxygens (including phenoxy) is 5. The first-order valence-corrected chi connectivity index (χ1v) is 13.4. The first-order chi connectivity index (χ1) is 19.5. The lowest BCUT2D eigenvalue weighted by Gasteiger charge is -2.35. The fourth-order valence-corrected chi connectivity index (χ4v) is 4.68. The summed E-state index contributed by atoms with van der Waals surface area (Å²) in [4.78, 5) is 12.8. The predicted molar refractivity (Wildman–Crippen MR) is 150 cm³/mol. The molecule has 41 heavy (non-hydrogen) atoms. The molecular formula is C31H36O10. The molecule has 0 aliphatic carbocycles. The number of carbonyl (C=O) groups excluding carboxylic acids is 1. The summed E-state index contributed by atoms with van der Waals surface area (Å²) in [5, 5.41) is 40.7. The molecule has 0 aromatic heterocycles. The number of carbonyl (C=O) groups is 1. The van der Waals surface area contributed by atoms with Gasteiger partial charge in [-0.25, -0.2) is 0 Å². The summed E-state index contributed by atoms with van der Waals surface area (Å²) in [6, 6.07) is 12.4. The van der Waals surface area contributed by atoms with E-state index in [1.807, 2.05) is 40.7 Å². The van der Waals surface area contributed by atoms with Gasteiger partial charge in [0.15, 0.2) is 47.4 Å². The Bertz CT molecular complexity index is 1410. The van der Waals surface area contributed by atoms with Crippen molar-refractivity contribution >= 4 is 5.78 Å². The van der Waals surface area contributed by atoms with E-state index in [0.717, 1.165) is 6.07 Å². The highest BCUT2D eigenvalue weighted by atomic mass is 16.6. The van der Waals surface area contributed by atoms with Crippen LogP contribution in [-0.2, 0) is 0 Å². The maximum atomic E-state index is 12.8. The van der Waals surface area contributed by atoms with Gasteiger partial charge in [-0.1, -0.05) is 26.0 Å². The van der Waals surface area contributed by atoms with E-state index in [-0.39, 0.29) is 29.4 Å². The Hall–Kier alpha value is -4.15. The fraction of sp³-hybridized carbons (Fsp3) is 0.387. The maximum absolute atomic E-state index is 12.8. The summed E-state index contributed by atoms with van der Waals surface area (Å²) in [7, 11) is 1.54. The normalized spacial score (nSPS) is 21.1. The third-order valence-corrected chi connectivity index (χ3v) is 6.40. The van der Waals surface area contributed by atoms with Crippen LogP contribution in [0.2, 0.25) is 0 Å². The van der Waals surface area contributed by atoms with Crippen molar-refractivity contribution in [1.29, 1.82) is 0 Å². The monoisotopic (exact) mass is 568 g/mol. The second-order valence-electron chi connectivity index (χ2n) is 10.4. The van der Waals surface area contributed by atoms with Gasteiger partial charge in [0.25, 0.3) is 0 Å². The van der Waals surface area contributed by atoms with Gasteiger partial charge in [-0.3, -0.25) is 4.79 Å². The first-order valence-electron chi connectivity index (χ1n) is 13.4. The molecule has 0 spiro atoms. The van der Waals surface area contributed by atoms with Gasteiger partial charge in [-0.2, -0.15) is 0 Å². The molecule has 0 fully saturated rings. The smallest absolute Gasteiger partial charge is 0.202 e. The number of phenols is 2. The van der Waals surface area contributed by atoms with Crippen molar-refractivity contribution in [3.8, 4) is 40.2 Å². The Balaban J connectivity index is 0.00000189. The van der Waals surface area contributed by atoms with E-state index in [1.54, 1.807) is 37.4 Å². The number of methoxy groups -OCH3 is 1. The molecule has 0 amide bonds. The van der Waals surface area contributed by atoms with Crippen LogP contribution in [0.1, 0.15) is 68.3 Å². The van der Waals surface area contributed by atoms with Crippen molar-refractivity contribution in [2.24, 2.45) is 0 Å². The zero-order valence-electron chi connectivity index (χ0n) is 23.9. The van der Waals surface area contributed by atoms with Crippen LogP contribution >= 0.6 is 0 Å². The number of aromatic hydroxyl groups is 2. The third kappa shape index (κ3) is 5.98. The largest absolute Gasteiger partial charge is 0.508 e. The van der Waals surface area contributed by atoms with Crippen molar-refractivity contribution in [3.63, 3.8) is 0 Å². The van der Waals surface area contributed by atoms with Crippen LogP contribution in [0.5, 0.6) is 40.2 Å². The topological polar surface area (TPSA) is 144 Å². The van der Waals surface area contributed by atoms with Crippen LogP contribution in [0.25, 0.3) is 0 Å². The summed E-state index contributed by atoms with van der Waals surface area (Å²) >= 11 is 0. The number of hydrogen-bond acceptors (Lipinski definition) is 10. The second kappa shape index (κ2) is 11.8. The lowest BCUT2D eigenvalue weighted by molar-refractivity contribution is -0.0131. The van der Waals surface area contributed by atoms with Crippen LogP contribution in [0, 0.1) is 0 Å². The number of fused-ring (bicyclic) bond motifs is 2. The zero-order chi connectivity index (χ0) is 30.1. The Kier molecular flexibility index (Phi) is 8.55. The predicted octanol–water partition coefficient (Wildman–Crippen LogP) is 4.86. The molecule has 220 valence electrons. The molecule has 4 unspecified atom stereocenters. The van der Waals surface area contributed by atoms with E-state index in [0.29, 0.717) is 28.4 Å². The molecule has 0 saturated carbocycles. The van der Waals surface area contributed by atoms with E-state index in [9.17, 15) is 25.2 Å². The van der Waals surface area contributed by atoms with Crippen molar-refractivity contribution < 1.29 is 48.9 Å². The third-order valence-electron chi connectivity index (χ3n) is 6.40. The molecular weight excluding hydrogens is 532 g/mol. The molecule has 2 heterocycles. The van der Waals surface area contributed by atoms with Gasteiger partial charge in [-0.15, -0.1) is 0 Å². The van der Waals surface area contributed by atoms with Gasteiger partial charge >= 0.3 is 0 Å². The van der Waals surface area contributed by atoms with Gasteiger partial charge in [-0.05, 0) is 50.6 Å². The fourth-order valence-electron chi connectivity index (χ4n) is 4.68. The number of aliphatic hydroxyl groups excluding tert-OH is 2. The van der Waals surface area contributed by atoms with Crippen molar-refractivity contribution in [1.82, 2.24) is 0 Å². The van der Waals surface area contributed by atoms with Gasteiger partial charge in [0.2, 0.25) is 5.78 Å². The van der Waals surface area contributed by atoms with Crippen LogP contribution in [-0.4, -0.2) is 57.7 Å². The maximum Gasteiger partial charge on any atom is 0.202 e. The molecule has 3 aromatic carbocycles. The summed E-state index contributed by atoms with van der Waals surface area (Å²) < 4.78 is 29.6. The Morgan fingerprint density at radius 2 is 1.49 bits per heavy atom. The molecule has 0 saturated heterocycles. The van der Waals surface area contributed by atoms with Gasteiger partial charge < -0.3 is 44.1 Å². The van der Waals surface area contributed by atoms with E-state index in [4.69, 9.17) is 23.7 Å². The lowest BCUT2D eigenvalue weighted by Crippen LogP contribution is -2.37. The lowest BCUT2D eigenvalue weighted by atomic mass is 9.92. The average Bonchev–Trinajstić information content (AvgIpc) is 2.94. The van der Waals surface area contributed by atoms with E-state index in [2.05, 4.69) is 0 Å². The van der Waals surface area contributed by atoms with Crippen molar-refractivity contribution in [2.45, 2.75) is 64.6 Å². The van der Waals surface area contributed by atoms with E-state index >= 15 is 0 Å². The number of Topliss-reactive ketones (excluding diaryl/α,β-unsaturated/α-hetero) is 1. The number of rotatable bonds is 5. The SMILES string of the molecule is CC.COc1cc(C2Oc3ccc(C4Oc5cc(O)cc(O)c5C(=O)C4O)cc3OC2CO)ccc1OC(C)(C)C. The number of benzene rings is 3. The van der Waals surface area contributed by atoms with Crippen molar-refractivity contribution in [2.75, 3.05) is 13.7 Å². The molecule has 4 atom stereocenters. The summed E-state index contributed by atoms with van der Waals surface area (Å²) in [6.45, 7) is 9.45. The van der Waals surface area contributed by atoms with E-state index in [1.165, 1.54) is 6.07 Å². The molecule has 10 heteroatoms. The average molecular weight is 569 g/mol. The molecule has 2 aliphatic heterocycles. The minimum Gasteiger partial charge on any atom is -0.508 e. The van der Waals surface area contributed by atoms with Crippen LogP contribution < -0.4 is 23.7 Å². The number of hydrogen-bond donors (Lipinski definition) is 4. The second-order valence-corrected chi connectivity index (χ2v) is 10.4. The molecule has 2 aliphatic rings. The standard InChI is InChI=1S/C29H30O10.C2H6/c1-29(2,3)39-19-8-6-14(9-20(19)35-4)27-23(13-30)36-21-10-15(5-7-18(21)37-27)28-26(34)25(33)24-17(32)11-16(31)12-22(24)38-28;1-2/h5-12,23,26-28,30-32,34H,13H2,1-4H3;1-2H3. The minimum atomic E-state index is -1.61. The van der Waals surface area contributed by atoms with E-state index < -0.39 is 41.5 Å². The quantitative estimate of drug-likeness (QED) is 0.337. The number of phenolic OH excluding ortho intramolecular Hbond substituents is 2. The summed E-state index contributed by atoms with van der Waals surface area (Å²) in [5.74, 6) is 0.182. The van der Waals surface area contributed by atoms with Crippen molar-refractivity contribution in [3.05, 3.63) is 65.2 Å². The highest BCUT2D eigenvalue weighted by Gasteiger charge is 2.40. The molecule has 3 aromatic rings. The molecule has 4 N–H and O–H groups in total. The number of ketones is 1. The number of aliphatic hydroxyl groups is 2. The van der Waals surface area contributed by atoms with Gasteiger partial charge in [0.05, 0.1) is 13.7 Å². The zero-order valence-corrected chi connectivity index (χ0v) is 23.9. The van der Waals surface area contributed by atoms with Gasteiger partial charge in [0, 0.05) is 17.7 Å². The molecule has 0 radical (unpaired) electrons. The Labute approximate surface area is 238 Å². The molecule has 0 bridgehead atoms. The highest BCUT2D eigenvalue weighted by molar-refractivity contribution is 6.05. The Morgan fingerprint density at radius 1 is 0.829 bits per heavy atom. The van der Waals surface area contributed by atoms with Crippen LogP contribution in [0.4, 0.5) is 0 Å². The first kappa shape index (κ1) is 29.8. The summed E-state index contributed by atoms with van der Waals surface area (Å²) in [6.07, 6.45) is -4.19. The van der Waals surface area contributed by atoms with Gasteiger partial charge in [0.1, 0.15) is 28.4 Å². The molecule has 10 nitrogen and oxygen atoms in total.